The molecule has 0 spiro atoms. The number of hydrogen-bond donors (Lipinski definition) is 4. The fourth-order valence-corrected chi connectivity index (χ4v) is 7.85. The van der Waals surface area contributed by atoms with Gasteiger partial charge >= 0.3 is 0 Å². The molecule has 1 saturated heterocycles. The number of nitrogens with zero attached hydrogens (tertiary/aromatic N) is 4. The molecular weight excluding hydrogens is 692 g/mol. The number of carbonyl (C=O) groups excluding carboxylic acids is 3. The molecule has 1 aromatic heterocycles. The average Bonchev–Trinajstić information content (AvgIpc) is 3.67. The third-order valence-corrected chi connectivity index (χ3v) is 11.4. The maximum absolute atomic E-state index is 13.7. The molecule has 3 amide bonds. The van der Waals surface area contributed by atoms with Crippen molar-refractivity contribution < 1.29 is 22.8 Å². The summed E-state index contributed by atoms with van der Waals surface area (Å²) < 4.78 is 23.6. The molecule has 0 radical (unpaired) electrons. The van der Waals surface area contributed by atoms with Gasteiger partial charge in [0.25, 0.3) is 5.91 Å². The number of aromatic amines is 1. The molecule has 0 unspecified atom stereocenters. The summed E-state index contributed by atoms with van der Waals surface area (Å²) in [5.41, 5.74) is 11.4. The summed E-state index contributed by atoms with van der Waals surface area (Å²) in [6, 6.07) is 19.6. The Kier molecular flexibility index (Phi) is 12.2. The van der Waals surface area contributed by atoms with Gasteiger partial charge in [0, 0.05) is 42.2 Å². The van der Waals surface area contributed by atoms with Gasteiger partial charge < -0.3 is 21.3 Å². The van der Waals surface area contributed by atoms with Crippen molar-refractivity contribution in [3.63, 3.8) is 0 Å². The van der Waals surface area contributed by atoms with Gasteiger partial charge in [0.2, 0.25) is 17.6 Å². The molecule has 5 N–H and O–H groups in total. The van der Waals surface area contributed by atoms with Crippen LogP contribution in [0.15, 0.2) is 66.7 Å². The molecule has 15 heteroatoms. The number of H-pyrrole nitrogens is 1. The monoisotopic (exact) mass is 734 g/mol. The van der Waals surface area contributed by atoms with Gasteiger partial charge in [0.1, 0.15) is 6.04 Å². The second-order valence-electron chi connectivity index (χ2n) is 13.2. The highest BCUT2D eigenvalue weighted by atomic mass is 35.5. The summed E-state index contributed by atoms with van der Waals surface area (Å²) in [7, 11) is -3.08. The first-order valence-electron chi connectivity index (χ1n) is 16.9. The molecule has 1 saturated carbocycles. The number of nitrogens with one attached hydrogen (secondary N) is 3. The minimum absolute atomic E-state index is 0. The lowest BCUT2D eigenvalue weighted by molar-refractivity contribution is -0.130. The molecule has 270 valence electrons. The van der Waals surface area contributed by atoms with Crippen LogP contribution in [0.5, 0.6) is 0 Å². The van der Waals surface area contributed by atoms with E-state index in [-0.39, 0.29) is 67.1 Å². The van der Waals surface area contributed by atoms with Crippen LogP contribution in [-0.2, 0) is 25.8 Å². The molecule has 3 aromatic carbocycles. The third-order valence-electron chi connectivity index (χ3n) is 9.75. The normalized spacial score (nSPS) is 19.0. The number of aryl methyl sites for hydroxylation is 1. The number of tetrazole rings is 1. The second-order valence-corrected chi connectivity index (χ2v) is 15.5. The van der Waals surface area contributed by atoms with Gasteiger partial charge in [0.05, 0.1) is 11.5 Å². The van der Waals surface area contributed by atoms with Crippen LogP contribution in [0.4, 0.5) is 5.69 Å². The van der Waals surface area contributed by atoms with E-state index >= 15 is 0 Å². The summed E-state index contributed by atoms with van der Waals surface area (Å²) in [6.07, 6.45) is 3.58. The average molecular weight is 735 g/mol. The summed E-state index contributed by atoms with van der Waals surface area (Å²) in [5.74, 6) is 0.0614. The molecule has 2 heterocycles. The lowest BCUT2D eigenvalue weighted by Gasteiger charge is -2.28. The first-order chi connectivity index (χ1) is 24.1. The molecule has 6 rings (SSSR count). The van der Waals surface area contributed by atoms with Crippen LogP contribution in [-0.4, -0.2) is 88.8 Å². The van der Waals surface area contributed by atoms with Gasteiger partial charge in [-0.25, -0.2) is 8.42 Å². The van der Waals surface area contributed by atoms with E-state index < -0.39 is 15.9 Å². The molecule has 2 fully saturated rings. The van der Waals surface area contributed by atoms with Gasteiger partial charge in [0.15, 0.2) is 9.84 Å². The number of anilines is 1. The van der Waals surface area contributed by atoms with Crippen molar-refractivity contribution in [2.75, 3.05) is 36.5 Å². The van der Waals surface area contributed by atoms with Gasteiger partial charge in [-0.3, -0.25) is 14.4 Å². The number of aromatic nitrogens is 4. The van der Waals surface area contributed by atoms with Crippen LogP contribution in [0.2, 0.25) is 0 Å². The molecule has 1 atom stereocenters. The van der Waals surface area contributed by atoms with E-state index in [9.17, 15) is 22.8 Å². The van der Waals surface area contributed by atoms with Crippen molar-refractivity contribution in [3.8, 4) is 22.5 Å². The van der Waals surface area contributed by atoms with Crippen molar-refractivity contribution in [2.45, 2.75) is 45.1 Å². The fourth-order valence-electron chi connectivity index (χ4n) is 6.65. The summed E-state index contributed by atoms with van der Waals surface area (Å²) in [5, 5.41) is 20.0. The molecule has 4 aromatic rings. The van der Waals surface area contributed by atoms with Crippen LogP contribution in [0, 0.1) is 18.8 Å². The lowest BCUT2D eigenvalue weighted by Crippen LogP contribution is -2.48. The molecule has 0 bridgehead atoms. The van der Waals surface area contributed by atoms with E-state index in [2.05, 4.69) is 31.3 Å². The minimum atomic E-state index is -3.08. The summed E-state index contributed by atoms with van der Waals surface area (Å²) >= 11 is 0. The molecule has 1 aliphatic carbocycles. The highest BCUT2D eigenvalue weighted by molar-refractivity contribution is 7.91. The van der Waals surface area contributed by atoms with E-state index in [1.807, 2.05) is 43.3 Å². The van der Waals surface area contributed by atoms with E-state index in [4.69, 9.17) is 5.73 Å². The molecule has 2 aliphatic rings. The van der Waals surface area contributed by atoms with Gasteiger partial charge in [-0.1, -0.05) is 30.3 Å². The first-order valence-corrected chi connectivity index (χ1v) is 18.8. The van der Waals surface area contributed by atoms with Gasteiger partial charge in [-0.05, 0) is 109 Å². The number of hydrogen-bond acceptors (Lipinski definition) is 9. The SMILES string of the molecule is Cc1cc(C(=O)N2CCS(=O)(=O)CC2)ccc1-c1ccc(C[C@H](NC(=O)[C@H]2CC[C@H](CN)CC2)C(=O)Nc2ccc(-c3nn[nH]n3)cc2)cc1.Cl. The molecule has 51 heavy (non-hydrogen) atoms. The minimum Gasteiger partial charge on any atom is -0.344 e. The third kappa shape index (κ3) is 9.37. The highest BCUT2D eigenvalue weighted by Crippen LogP contribution is 2.29. The Labute approximate surface area is 303 Å². The number of carbonyl (C=O) groups is 3. The number of nitrogens with two attached hydrogens (primary N) is 1. The molecule has 1 aliphatic heterocycles. The molecular formula is C36H43ClN8O5S. The quantitative estimate of drug-likeness (QED) is 0.189. The van der Waals surface area contributed by atoms with Gasteiger partial charge in [-0.15, -0.1) is 22.6 Å². The Hall–Kier alpha value is -4.66. The Morgan fingerprint density at radius 3 is 2.22 bits per heavy atom. The zero-order valence-electron chi connectivity index (χ0n) is 28.4. The maximum Gasteiger partial charge on any atom is 0.253 e. The van der Waals surface area contributed by atoms with Crippen molar-refractivity contribution in [1.82, 2.24) is 30.8 Å². The van der Waals surface area contributed by atoms with Crippen LogP contribution >= 0.6 is 12.4 Å². The van der Waals surface area contributed by atoms with Crippen molar-refractivity contribution in [2.24, 2.45) is 17.6 Å². The fraction of sp³-hybridized carbons (Fsp3) is 0.389. The van der Waals surface area contributed by atoms with Crippen LogP contribution in [0.1, 0.15) is 47.2 Å². The zero-order valence-corrected chi connectivity index (χ0v) is 30.0. The number of benzene rings is 3. The smallest absolute Gasteiger partial charge is 0.253 e. The van der Waals surface area contributed by atoms with E-state index in [1.54, 1.807) is 35.2 Å². The number of rotatable bonds is 10. The number of sulfone groups is 1. The number of amides is 3. The first kappa shape index (κ1) is 37.6. The highest BCUT2D eigenvalue weighted by Gasteiger charge is 2.30. The Balaban J connectivity index is 0.00000504. The van der Waals surface area contributed by atoms with Crippen molar-refractivity contribution in [3.05, 3.63) is 83.4 Å². The predicted octanol–water partition coefficient (Wildman–Crippen LogP) is 3.57. The van der Waals surface area contributed by atoms with Crippen LogP contribution in [0.25, 0.3) is 22.5 Å². The topological polar surface area (TPSA) is 193 Å². The van der Waals surface area contributed by atoms with E-state index in [1.165, 1.54) is 0 Å². The largest absolute Gasteiger partial charge is 0.344 e. The van der Waals surface area contributed by atoms with E-state index in [0.717, 1.165) is 53.5 Å². The van der Waals surface area contributed by atoms with Gasteiger partial charge in [-0.2, -0.15) is 5.21 Å². The summed E-state index contributed by atoms with van der Waals surface area (Å²) in [4.78, 5) is 41.7. The van der Waals surface area contributed by atoms with Crippen LogP contribution in [0.3, 0.4) is 0 Å². The zero-order chi connectivity index (χ0) is 35.3. The maximum atomic E-state index is 13.7. The standard InChI is InChI=1S/C36H42N8O5S.ClH/c1-23-20-29(36(47)44-16-18-50(48,49)19-17-44)12-15-31(23)26-6-2-24(3-7-26)21-32(39-34(45)28-8-4-25(22-37)5-9-28)35(46)38-30-13-10-27(11-14-30)33-40-42-43-41-33;/h2-3,6-7,10-15,20,25,28,32H,4-5,8-9,16-19,21-22,37H2,1H3,(H,38,46)(H,39,45)(H,40,41,42,43);1H/t25-,28-,32-;/m0./s1. The lowest BCUT2D eigenvalue weighted by atomic mass is 9.81. The summed E-state index contributed by atoms with van der Waals surface area (Å²) in [6.45, 7) is 2.96. The van der Waals surface area contributed by atoms with Crippen molar-refractivity contribution >= 4 is 45.7 Å². The van der Waals surface area contributed by atoms with Crippen LogP contribution < -0.4 is 16.4 Å². The predicted molar refractivity (Wildman–Crippen MR) is 197 cm³/mol. The van der Waals surface area contributed by atoms with E-state index in [0.29, 0.717) is 29.5 Å². The number of halogens is 1. The Bertz CT molecular complexity index is 1920. The van der Waals surface area contributed by atoms with Crippen molar-refractivity contribution in [1.29, 1.82) is 0 Å². The second kappa shape index (κ2) is 16.6. The Morgan fingerprint density at radius 2 is 1.61 bits per heavy atom. The Morgan fingerprint density at radius 1 is 0.941 bits per heavy atom. The molecule has 13 nitrogen and oxygen atoms in total.